The molecular weight excluding hydrogens is 329 g/mol. The molecule has 1 aliphatic heterocycles. The molecule has 1 fully saturated rings. The van der Waals surface area contributed by atoms with E-state index < -0.39 is 0 Å². The van der Waals surface area contributed by atoms with Crippen LogP contribution in [0.2, 0.25) is 0 Å². The van der Waals surface area contributed by atoms with Crippen LogP contribution >= 0.6 is 24.0 Å². The van der Waals surface area contributed by atoms with Crippen LogP contribution in [-0.2, 0) is 4.79 Å². The predicted octanol–water partition coefficient (Wildman–Crippen LogP) is 4.85. The Kier molecular flexibility index (Phi) is 4.33. The molecule has 2 aromatic carbocycles. The number of thiocarbonyl (C=S) groups is 1. The molecule has 0 radical (unpaired) electrons. The number of carbonyl (C=O) groups is 1. The van der Waals surface area contributed by atoms with Gasteiger partial charge in [0.2, 0.25) is 0 Å². The highest BCUT2D eigenvalue weighted by Crippen LogP contribution is 2.37. The van der Waals surface area contributed by atoms with Crippen molar-refractivity contribution < 1.29 is 9.18 Å². The smallest absolute Gasteiger partial charge is 0.268 e. The fraction of sp³-hybridized carbons (Fsp3) is 0.111. The summed E-state index contributed by atoms with van der Waals surface area (Å²) < 4.78 is 14.3. The van der Waals surface area contributed by atoms with Crippen molar-refractivity contribution in [3.8, 4) is 0 Å². The molecule has 0 aromatic heterocycles. The van der Waals surface area contributed by atoms with Gasteiger partial charge in [0.05, 0.1) is 10.6 Å². The van der Waals surface area contributed by atoms with Gasteiger partial charge in [-0.1, -0.05) is 54.3 Å². The third-order valence-electron chi connectivity index (χ3n) is 3.80. The van der Waals surface area contributed by atoms with Crippen LogP contribution < -0.4 is 4.90 Å². The highest BCUT2D eigenvalue weighted by molar-refractivity contribution is 8.27. The number of nitrogens with zero attached hydrogens (tertiary/aromatic N) is 1. The van der Waals surface area contributed by atoms with E-state index in [-0.39, 0.29) is 11.7 Å². The van der Waals surface area contributed by atoms with Gasteiger partial charge in [0.25, 0.3) is 5.91 Å². The molecule has 0 atom stereocenters. The molecular formula is C18H14FNOS2. The molecule has 0 aliphatic carbocycles. The molecule has 0 spiro atoms. The summed E-state index contributed by atoms with van der Waals surface area (Å²) in [5, 5.41) is 0. The molecule has 1 saturated heterocycles. The lowest BCUT2D eigenvalue weighted by Crippen LogP contribution is -2.28. The van der Waals surface area contributed by atoms with Gasteiger partial charge in [0, 0.05) is 5.56 Å². The van der Waals surface area contributed by atoms with Gasteiger partial charge < -0.3 is 0 Å². The average molecular weight is 343 g/mol. The number of rotatable bonds is 2. The number of amides is 1. The zero-order chi connectivity index (χ0) is 16.6. The third kappa shape index (κ3) is 2.94. The van der Waals surface area contributed by atoms with E-state index in [4.69, 9.17) is 12.2 Å². The number of aryl methyl sites for hydroxylation is 1. The first-order valence-electron chi connectivity index (χ1n) is 7.08. The SMILES string of the molecule is Cc1cccc(N2C(=O)/C(=C/c3ccccc3F)SC2=S)c1C. The first-order valence-corrected chi connectivity index (χ1v) is 8.30. The minimum Gasteiger partial charge on any atom is -0.268 e. The number of carbonyl (C=O) groups excluding carboxylic acids is 1. The van der Waals surface area contributed by atoms with Gasteiger partial charge in [-0.25, -0.2) is 4.39 Å². The zero-order valence-corrected chi connectivity index (χ0v) is 14.3. The Morgan fingerprint density at radius 2 is 1.87 bits per heavy atom. The fourth-order valence-electron chi connectivity index (χ4n) is 2.39. The van der Waals surface area contributed by atoms with E-state index >= 15 is 0 Å². The Hall–Kier alpha value is -1.98. The van der Waals surface area contributed by atoms with E-state index in [1.165, 1.54) is 22.7 Å². The van der Waals surface area contributed by atoms with Crippen molar-refractivity contribution >= 4 is 46.0 Å². The third-order valence-corrected chi connectivity index (χ3v) is 5.10. The van der Waals surface area contributed by atoms with Crippen LogP contribution in [0.4, 0.5) is 10.1 Å². The van der Waals surface area contributed by atoms with E-state index in [1.807, 2.05) is 32.0 Å². The first kappa shape index (κ1) is 15.9. The molecule has 1 aliphatic rings. The van der Waals surface area contributed by atoms with Gasteiger partial charge in [0.1, 0.15) is 5.82 Å². The molecule has 1 heterocycles. The molecule has 5 heteroatoms. The Bertz CT molecular complexity index is 845. The van der Waals surface area contributed by atoms with Gasteiger partial charge in [-0.15, -0.1) is 0 Å². The van der Waals surface area contributed by atoms with Crippen LogP contribution in [0.1, 0.15) is 16.7 Å². The second-order valence-electron chi connectivity index (χ2n) is 5.26. The van der Waals surface area contributed by atoms with Crippen LogP contribution in [0, 0.1) is 19.7 Å². The first-order chi connectivity index (χ1) is 11.0. The monoisotopic (exact) mass is 343 g/mol. The lowest BCUT2D eigenvalue weighted by Gasteiger charge is -2.18. The second kappa shape index (κ2) is 6.26. The second-order valence-corrected chi connectivity index (χ2v) is 6.93. The summed E-state index contributed by atoms with van der Waals surface area (Å²) in [7, 11) is 0. The van der Waals surface area contributed by atoms with Crippen LogP contribution in [0.25, 0.3) is 6.08 Å². The molecule has 0 bridgehead atoms. The number of thioether (sulfide) groups is 1. The Labute approximate surface area is 144 Å². The minimum absolute atomic E-state index is 0.211. The highest BCUT2D eigenvalue weighted by Gasteiger charge is 2.34. The maximum absolute atomic E-state index is 13.8. The highest BCUT2D eigenvalue weighted by atomic mass is 32.2. The van der Waals surface area contributed by atoms with Crippen LogP contribution in [-0.4, -0.2) is 10.2 Å². The average Bonchev–Trinajstić information content (AvgIpc) is 2.79. The summed E-state index contributed by atoms with van der Waals surface area (Å²) in [6.45, 7) is 3.95. The van der Waals surface area contributed by atoms with Crippen molar-refractivity contribution in [1.82, 2.24) is 0 Å². The van der Waals surface area contributed by atoms with Crippen LogP contribution in [0.5, 0.6) is 0 Å². The normalized spacial score (nSPS) is 16.5. The Morgan fingerprint density at radius 1 is 1.13 bits per heavy atom. The maximum atomic E-state index is 13.8. The summed E-state index contributed by atoms with van der Waals surface area (Å²) in [4.78, 5) is 14.7. The van der Waals surface area contributed by atoms with Crippen LogP contribution in [0.15, 0.2) is 47.4 Å². The summed E-state index contributed by atoms with van der Waals surface area (Å²) >= 11 is 6.56. The van der Waals surface area contributed by atoms with Gasteiger partial charge >= 0.3 is 0 Å². The van der Waals surface area contributed by atoms with Gasteiger partial charge in [-0.2, -0.15) is 0 Å². The maximum Gasteiger partial charge on any atom is 0.270 e. The van der Waals surface area contributed by atoms with Gasteiger partial charge in [-0.3, -0.25) is 9.69 Å². The minimum atomic E-state index is -0.357. The topological polar surface area (TPSA) is 20.3 Å². The van der Waals surface area contributed by atoms with Crippen molar-refractivity contribution in [3.63, 3.8) is 0 Å². The molecule has 3 rings (SSSR count). The lowest BCUT2D eigenvalue weighted by atomic mass is 10.1. The summed E-state index contributed by atoms with van der Waals surface area (Å²) in [6, 6.07) is 12.1. The largest absolute Gasteiger partial charge is 0.270 e. The number of hydrogen-bond acceptors (Lipinski definition) is 3. The Morgan fingerprint density at radius 3 is 2.61 bits per heavy atom. The van der Waals surface area contributed by atoms with Gasteiger partial charge in [-0.05, 0) is 43.2 Å². The molecule has 2 nitrogen and oxygen atoms in total. The molecule has 0 saturated carbocycles. The van der Waals surface area contributed by atoms with Crippen molar-refractivity contribution in [3.05, 3.63) is 69.9 Å². The van der Waals surface area contributed by atoms with E-state index in [1.54, 1.807) is 24.3 Å². The lowest BCUT2D eigenvalue weighted by molar-refractivity contribution is -0.113. The molecule has 1 amide bonds. The van der Waals surface area contributed by atoms with Crippen molar-refractivity contribution in [2.24, 2.45) is 0 Å². The fourth-order valence-corrected chi connectivity index (χ4v) is 3.66. The van der Waals surface area contributed by atoms with E-state index in [0.29, 0.717) is 14.8 Å². The van der Waals surface area contributed by atoms with Crippen molar-refractivity contribution in [2.75, 3.05) is 4.90 Å². The summed E-state index contributed by atoms with van der Waals surface area (Å²) in [5.41, 5.74) is 3.27. The Balaban J connectivity index is 2.01. The molecule has 116 valence electrons. The van der Waals surface area contributed by atoms with E-state index in [9.17, 15) is 9.18 Å². The predicted molar refractivity (Wildman–Crippen MR) is 98.0 cm³/mol. The molecule has 0 N–H and O–H groups in total. The standard InChI is InChI=1S/C18H14FNOS2/c1-11-6-5-9-15(12(11)2)20-17(21)16(23-18(20)22)10-13-7-3-4-8-14(13)19/h3-10H,1-2H3/b16-10-. The summed E-state index contributed by atoms with van der Waals surface area (Å²) in [6.07, 6.45) is 1.56. The summed E-state index contributed by atoms with van der Waals surface area (Å²) in [5.74, 6) is -0.568. The van der Waals surface area contributed by atoms with Crippen LogP contribution in [0.3, 0.4) is 0 Å². The molecule has 23 heavy (non-hydrogen) atoms. The number of anilines is 1. The van der Waals surface area contributed by atoms with Crippen molar-refractivity contribution in [2.45, 2.75) is 13.8 Å². The quantitative estimate of drug-likeness (QED) is 0.574. The van der Waals surface area contributed by atoms with E-state index in [0.717, 1.165) is 16.8 Å². The van der Waals surface area contributed by atoms with Gasteiger partial charge in [0.15, 0.2) is 4.32 Å². The zero-order valence-electron chi connectivity index (χ0n) is 12.7. The number of halogens is 1. The van der Waals surface area contributed by atoms with E-state index in [2.05, 4.69) is 0 Å². The molecule has 2 aromatic rings. The number of benzene rings is 2. The van der Waals surface area contributed by atoms with Crippen molar-refractivity contribution in [1.29, 1.82) is 0 Å². The molecule has 0 unspecified atom stereocenters. The number of hydrogen-bond donors (Lipinski definition) is 0.